The van der Waals surface area contributed by atoms with E-state index in [4.69, 9.17) is 0 Å². The molecule has 0 aliphatic heterocycles. The van der Waals surface area contributed by atoms with Crippen molar-refractivity contribution in [2.24, 2.45) is 0 Å². The van der Waals surface area contributed by atoms with Gasteiger partial charge in [0.25, 0.3) is 0 Å². The van der Waals surface area contributed by atoms with E-state index in [1.54, 1.807) is 12.1 Å². The molecule has 2 rings (SSSR count). The molecule has 0 saturated carbocycles. The van der Waals surface area contributed by atoms with Gasteiger partial charge in [-0.25, -0.2) is 4.39 Å². The molecule has 0 bridgehead atoms. The quantitative estimate of drug-likeness (QED) is 0.792. The molecule has 0 N–H and O–H groups in total. The fourth-order valence-corrected chi connectivity index (χ4v) is 3.66. The Kier molecular flexibility index (Phi) is 4.61. The lowest BCUT2D eigenvalue weighted by atomic mass is 10.3. The number of carbonyl (C=O) groups is 1. The zero-order chi connectivity index (χ0) is 13.8. The molecule has 0 aliphatic rings. The predicted molar refractivity (Wildman–Crippen MR) is 75.7 cm³/mol. The third kappa shape index (κ3) is 3.36. The van der Waals surface area contributed by atoms with Crippen LogP contribution in [-0.4, -0.2) is 15.7 Å². The van der Waals surface area contributed by atoms with Crippen molar-refractivity contribution < 1.29 is 13.4 Å². The summed E-state index contributed by atoms with van der Waals surface area (Å²) in [4.78, 5) is 13.7. The molecule has 1 heterocycles. The average molecular weight is 296 g/mol. The first kappa shape index (κ1) is 14.1. The van der Waals surface area contributed by atoms with Crippen molar-refractivity contribution in [2.75, 3.05) is 5.75 Å². The van der Waals surface area contributed by atoms with Gasteiger partial charge in [-0.05, 0) is 30.7 Å². The number of aryl methyl sites for hydroxylation is 1. The minimum absolute atomic E-state index is 0.0862. The van der Waals surface area contributed by atoms with Crippen LogP contribution in [0.3, 0.4) is 0 Å². The number of hydrogen-bond donors (Lipinski definition) is 0. The summed E-state index contributed by atoms with van der Waals surface area (Å²) >= 11 is 1.40. The second kappa shape index (κ2) is 6.21. The van der Waals surface area contributed by atoms with Crippen LogP contribution in [0.25, 0.3) is 0 Å². The lowest BCUT2D eigenvalue weighted by Crippen LogP contribution is -2.10. The van der Waals surface area contributed by atoms with Crippen LogP contribution in [0, 0.1) is 5.82 Å². The van der Waals surface area contributed by atoms with E-state index in [1.807, 2.05) is 13.0 Å². The molecule has 0 radical (unpaired) electrons. The number of thiophene rings is 1. The number of rotatable bonds is 5. The van der Waals surface area contributed by atoms with Crippen molar-refractivity contribution in [2.45, 2.75) is 18.2 Å². The molecule has 19 heavy (non-hydrogen) atoms. The van der Waals surface area contributed by atoms with Crippen LogP contribution in [0.4, 0.5) is 4.39 Å². The first-order valence-corrected chi connectivity index (χ1v) is 8.00. The zero-order valence-electron chi connectivity index (χ0n) is 10.4. The molecular formula is C14H13FO2S2. The Labute approximate surface area is 117 Å². The molecule has 1 atom stereocenters. The molecule has 1 aromatic heterocycles. The van der Waals surface area contributed by atoms with E-state index in [0.717, 1.165) is 11.3 Å². The SMILES string of the molecule is CCc1ccc(C(=O)CS(=O)c2ccccc2F)s1. The van der Waals surface area contributed by atoms with Gasteiger partial charge in [0, 0.05) is 4.88 Å². The van der Waals surface area contributed by atoms with Crippen LogP contribution in [0.5, 0.6) is 0 Å². The van der Waals surface area contributed by atoms with Crippen LogP contribution < -0.4 is 0 Å². The summed E-state index contributed by atoms with van der Waals surface area (Å²) in [6.07, 6.45) is 0.869. The Morgan fingerprint density at radius 2 is 2.00 bits per heavy atom. The second-order valence-corrected chi connectivity index (χ2v) is 6.55. The smallest absolute Gasteiger partial charge is 0.185 e. The number of carbonyl (C=O) groups excluding carboxylic acids is 1. The number of halogens is 1. The lowest BCUT2D eigenvalue weighted by molar-refractivity contribution is 0.102. The molecule has 2 nitrogen and oxygen atoms in total. The highest BCUT2D eigenvalue weighted by Crippen LogP contribution is 2.19. The third-order valence-electron chi connectivity index (χ3n) is 2.63. The van der Waals surface area contributed by atoms with Gasteiger partial charge in [0.15, 0.2) is 5.78 Å². The van der Waals surface area contributed by atoms with Crippen molar-refractivity contribution in [3.05, 3.63) is 52.0 Å². The van der Waals surface area contributed by atoms with Gasteiger partial charge in [-0.3, -0.25) is 9.00 Å². The van der Waals surface area contributed by atoms with E-state index in [-0.39, 0.29) is 16.4 Å². The maximum atomic E-state index is 13.4. The summed E-state index contributed by atoms with van der Waals surface area (Å²) in [5, 5.41) is 0. The fraction of sp³-hybridized carbons (Fsp3) is 0.214. The summed E-state index contributed by atoms with van der Waals surface area (Å²) in [5.41, 5.74) is 0. The summed E-state index contributed by atoms with van der Waals surface area (Å²) in [7, 11) is -1.64. The molecule has 0 amide bonds. The second-order valence-electron chi connectivity index (χ2n) is 3.96. The minimum atomic E-state index is -1.64. The van der Waals surface area contributed by atoms with E-state index >= 15 is 0 Å². The normalized spacial score (nSPS) is 12.3. The van der Waals surface area contributed by atoms with Crippen molar-refractivity contribution in [1.29, 1.82) is 0 Å². The minimum Gasteiger partial charge on any atom is -0.292 e. The third-order valence-corrected chi connectivity index (χ3v) is 5.25. The topological polar surface area (TPSA) is 34.1 Å². The highest BCUT2D eigenvalue weighted by Gasteiger charge is 2.16. The monoisotopic (exact) mass is 296 g/mol. The summed E-state index contributed by atoms with van der Waals surface area (Å²) < 4.78 is 25.4. The molecule has 1 unspecified atom stereocenters. The Bertz CT molecular complexity index is 619. The average Bonchev–Trinajstić information content (AvgIpc) is 2.88. The van der Waals surface area contributed by atoms with Crippen molar-refractivity contribution in [3.63, 3.8) is 0 Å². The molecule has 100 valence electrons. The summed E-state index contributed by atoms with van der Waals surface area (Å²) in [5.74, 6) is -0.912. The van der Waals surface area contributed by atoms with Crippen LogP contribution in [0.1, 0.15) is 21.5 Å². The molecule has 0 fully saturated rings. The van der Waals surface area contributed by atoms with Crippen molar-refractivity contribution in [3.8, 4) is 0 Å². The highest BCUT2D eigenvalue weighted by molar-refractivity contribution is 7.85. The van der Waals surface area contributed by atoms with Crippen LogP contribution in [0.15, 0.2) is 41.3 Å². The molecule has 0 aliphatic carbocycles. The van der Waals surface area contributed by atoms with E-state index in [9.17, 15) is 13.4 Å². The lowest BCUT2D eigenvalue weighted by Gasteiger charge is -2.02. The largest absolute Gasteiger partial charge is 0.292 e. The molecule has 5 heteroatoms. The van der Waals surface area contributed by atoms with Gasteiger partial charge in [0.1, 0.15) is 5.82 Å². The summed E-state index contributed by atoms with van der Waals surface area (Å²) in [6, 6.07) is 9.47. The Balaban J connectivity index is 2.11. The molecule has 0 spiro atoms. The van der Waals surface area contributed by atoms with E-state index in [2.05, 4.69) is 0 Å². The highest BCUT2D eigenvalue weighted by atomic mass is 32.2. The number of hydrogen-bond acceptors (Lipinski definition) is 3. The van der Waals surface area contributed by atoms with Crippen LogP contribution in [0.2, 0.25) is 0 Å². The van der Waals surface area contributed by atoms with Gasteiger partial charge < -0.3 is 0 Å². The first-order valence-electron chi connectivity index (χ1n) is 5.86. The molecule has 1 aromatic carbocycles. The van der Waals surface area contributed by atoms with Gasteiger partial charge in [-0.2, -0.15) is 0 Å². The van der Waals surface area contributed by atoms with E-state index in [0.29, 0.717) is 4.88 Å². The van der Waals surface area contributed by atoms with Gasteiger partial charge in [0.05, 0.1) is 26.3 Å². The maximum Gasteiger partial charge on any atom is 0.185 e. The number of Topliss-reactive ketones (excluding diaryl/α,β-unsaturated/α-hetero) is 1. The van der Waals surface area contributed by atoms with Gasteiger partial charge in [-0.1, -0.05) is 19.1 Å². The molecular weight excluding hydrogens is 283 g/mol. The summed E-state index contributed by atoms with van der Waals surface area (Å²) in [6.45, 7) is 2.01. The van der Waals surface area contributed by atoms with Gasteiger partial charge >= 0.3 is 0 Å². The zero-order valence-corrected chi connectivity index (χ0v) is 12.0. The number of benzene rings is 1. The van der Waals surface area contributed by atoms with Gasteiger partial charge in [0.2, 0.25) is 0 Å². The predicted octanol–water partition coefficient (Wildman–Crippen LogP) is 3.44. The van der Waals surface area contributed by atoms with E-state index < -0.39 is 16.6 Å². The maximum absolute atomic E-state index is 13.4. The first-order chi connectivity index (χ1) is 9.11. The molecule has 2 aromatic rings. The standard InChI is InChI=1S/C14H13FO2S2/c1-2-10-7-8-13(18-10)12(16)9-19(17)14-6-4-3-5-11(14)15/h3-8H,2,9H2,1H3. The Morgan fingerprint density at radius 1 is 1.26 bits per heavy atom. The fourth-order valence-electron chi connectivity index (χ4n) is 1.62. The van der Waals surface area contributed by atoms with Crippen LogP contribution in [-0.2, 0) is 17.2 Å². The van der Waals surface area contributed by atoms with Crippen molar-refractivity contribution >= 4 is 27.9 Å². The Hall–Kier alpha value is -1.33. The number of ketones is 1. The van der Waals surface area contributed by atoms with Crippen LogP contribution >= 0.6 is 11.3 Å². The Morgan fingerprint density at radius 3 is 2.63 bits per heavy atom. The van der Waals surface area contributed by atoms with Gasteiger partial charge in [-0.15, -0.1) is 11.3 Å². The molecule has 0 saturated heterocycles. The van der Waals surface area contributed by atoms with E-state index in [1.165, 1.54) is 29.5 Å². The van der Waals surface area contributed by atoms with Crippen molar-refractivity contribution in [1.82, 2.24) is 0 Å².